The van der Waals surface area contributed by atoms with Crippen molar-refractivity contribution in [1.29, 1.82) is 5.26 Å². The normalized spacial score (nSPS) is 27.4. The van der Waals surface area contributed by atoms with Gasteiger partial charge in [-0.25, -0.2) is 13.2 Å². The lowest BCUT2D eigenvalue weighted by atomic mass is 9.74. The third-order valence-corrected chi connectivity index (χ3v) is 11.6. The van der Waals surface area contributed by atoms with Crippen molar-refractivity contribution in [2.45, 2.75) is 61.9 Å². The van der Waals surface area contributed by atoms with E-state index in [1.165, 1.54) is 12.1 Å². The highest BCUT2D eigenvalue weighted by Crippen LogP contribution is 2.53. The number of halogens is 4. The molecule has 0 bridgehead atoms. The number of aromatic nitrogens is 2. The molecule has 3 N–H and O–H groups in total. The summed E-state index contributed by atoms with van der Waals surface area (Å²) in [6, 6.07) is 4.50. The molecule has 8 rings (SSSR count). The number of nitrogen functional groups attached to an aromatic ring is 1. The minimum absolute atomic E-state index is 0.0162. The Morgan fingerprint density at radius 3 is 2.78 bits per heavy atom. The maximum atomic E-state index is 17.1. The predicted molar refractivity (Wildman–Crippen MR) is 169 cm³/mol. The van der Waals surface area contributed by atoms with Crippen LogP contribution in [0.4, 0.5) is 24.0 Å². The Balaban J connectivity index is 1.36. The molecule has 2 saturated heterocycles. The zero-order chi connectivity index (χ0) is 32.1. The van der Waals surface area contributed by atoms with Gasteiger partial charge in [-0.15, -0.1) is 11.3 Å². The molecule has 2 aromatic carbocycles. The molecule has 1 saturated carbocycles. The summed E-state index contributed by atoms with van der Waals surface area (Å²) in [5.74, 6) is -0.963. The largest absolute Gasteiger partial charge is 0.485 e. The average molecular weight is 671 g/mol. The quantitative estimate of drug-likeness (QED) is 0.271. The second-order valence-corrected chi connectivity index (χ2v) is 14.5. The third-order valence-electron chi connectivity index (χ3n) is 10.2. The minimum Gasteiger partial charge on any atom is -0.485 e. The zero-order valence-electron chi connectivity index (χ0n) is 24.9. The standard InChI is InChI=1S/C32H30ClF3N6O3S/c1-41-8-6-32(10-16(43)11-32)45-26-22-25(39-30(40-29(22)41)44-14-31-5-2-7-42(31)13-15(34)9-31)24(36)21(23(26)33)17-3-4-19(35)27-20(17)18(12-37)28(38)46-27/h3-4,15-16,43H,2,5-11,13-14,38H2,1H3/t15-,16?,31+,32?/m1/s1. The van der Waals surface area contributed by atoms with Crippen LogP contribution >= 0.6 is 22.9 Å². The van der Waals surface area contributed by atoms with Crippen molar-refractivity contribution in [3.8, 4) is 29.0 Å². The highest BCUT2D eigenvalue weighted by atomic mass is 35.5. The van der Waals surface area contributed by atoms with Crippen LogP contribution in [0.15, 0.2) is 12.1 Å². The van der Waals surface area contributed by atoms with Gasteiger partial charge in [0, 0.05) is 56.8 Å². The number of nitrogens with two attached hydrogens (primary N) is 1. The molecule has 5 heterocycles. The van der Waals surface area contributed by atoms with Gasteiger partial charge in [-0.1, -0.05) is 17.7 Å². The Labute approximate surface area is 271 Å². The van der Waals surface area contributed by atoms with Gasteiger partial charge in [-0.3, -0.25) is 4.90 Å². The molecule has 2 aromatic heterocycles. The van der Waals surface area contributed by atoms with E-state index in [1.54, 1.807) is 0 Å². The Morgan fingerprint density at radius 2 is 2.02 bits per heavy atom. The van der Waals surface area contributed by atoms with Gasteiger partial charge in [0.1, 0.15) is 46.6 Å². The van der Waals surface area contributed by atoms with Gasteiger partial charge in [-0.2, -0.15) is 15.2 Å². The van der Waals surface area contributed by atoms with Crippen molar-refractivity contribution in [3.63, 3.8) is 0 Å². The van der Waals surface area contributed by atoms with Gasteiger partial charge >= 0.3 is 6.01 Å². The first-order valence-corrected chi connectivity index (χ1v) is 16.5. The van der Waals surface area contributed by atoms with Crippen molar-refractivity contribution in [2.75, 3.05) is 43.9 Å². The molecular weight excluding hydrogens is 641 g/mol. The summed E-state index contributed by atoms with van der Waals surface area (Å²) in [5.41, 5.74) is 4.77. The lowest BCUT2D eigenvalue weighted by molar-refractivity contribution is -0.0973. The monoisotopic (exact) mass is 670 g/mol. The van der Waals surface area contributed by atoms with E-state index < -0.39 is 35.1 Å². The van der Waals surface area contributed by atoms with E-state index in [0.29, 0.717) is 44.6 Å². The Kier molecular flexibility index (Phi) is 6.78. The molecule has 1 spiro atoms. The van der Waals surface area contributed by atoms with E-state index in [4.69, 9.17) is 31.8 Å². The van der Waals surface area contributed by atoms with Gasteiger partial charge in [-0.05, 0) is 31.0 Å². The molecule has 3 aliphatic heterocycles. The number of thiophene rings is 1. The van der Waals surface area contributed by atoms with E-state index in [9.17, 15) is 19.1 Å². The zero-order valence-corrected chi connectivity index (χ0v) is 26.5. The topological polar surface area (TPSA) is 121 Å². The first-order valence-electron chi connectivity index (χ1n) is 15.3. The number of nitriles is 1. The lowest BCUT2D eigenvalue weighted by Gasteiger charge is -2.47. The summed E-state index contributed by atoms with van der Waals surface area (Å²) >= 11 is 7.97. The summed E-state index contributed by atoms with van der Waals surface area (Å²) < 4.78 is 59.5. The summed E-state index contributed by atoms with van der Waals surface area (Å²) in [4.78, 5) is 13.2. The third kappa shape index (κ3) is 4.33. The van der Waals surface area contributed by atoms with Crippen molar-refractivity contribution in [1.82, 2.24) is 14.9 Å². The smallest absolute Gasteiger partial charge is 0.319 e. The number of hydrogen-bond donors (Lipinski definition) is 2. The first-order chi connectivity index (χ1) is 22.0. The maximum Gasteiger partial charge on any atom is 0.319 e. The van der Waals surface area contributed by atoms with E-state index in [0.717, 1.165) is 30.7 Å². The molecule has 3 fully saturated rings. The van der Waals surface area contributed by atoms with Gasteiger partial charge in [0.25, 0.3) is 0 Å². The summed E-state index contributed by atoms with van der Waals surface area (Å²) in [6.45, 7) is 1.77. The molecule has 2 atom stereocenters. The number of hydrogen-bond acceptors (Lipinski definition) is 10. The Bertz CT molecular complexity index is 1980. The molecular formula is C32H30ClF3N6O3S. The van der Waals surface area contributed by atoms with Crippen LogP contribution in [-0.4, -0.2) is 76.7 Å². The molecule has 0 amide bonds. The maximum absolute atomic E-state index is 17.1. The SMILES string of the molecule is CN1CCC2(CC(O)C2)Oc2c(Cl)c(-c3ccc(F)c4sc(N)c(C#N)c34)c(F)c3nc(OC[C@@]45CCCN4C[C@H](F)C5)nc1c23. The van der Waals surface area contributed by atoms with Crippen LogP contribution in [0.1, 0.15) is 44.1 Å². The summed E-state index contributed by atoms with van der Waals surface area (Å²) in [7, 11) is 1.82. The van der Waals surface area contributed by atoms with E-state index in [1.807, 2.05) is 18.0 Å². The average Bonchev–Trinajstić information content (AvgIpc) is 3.65. The first kappa shape index (κ1) is 29.8. The van der Waals surface area contributed by atoms with Gasteiger partial charge < -0.3 is 25.2 Å². The molecule has 46 heavy (non-hydrogen) atoms. The van der Waals surface area contributed by atoms with Gasteiger partial charge in [0.2, 0.25) is 0 Å². The van der Waals surface area contributed by atoms with Crippen molar-refractivity contribution in [2.24, 2.45) is 0 Å². The molecule has 4 aliphatic rings. The van der Waals surface area contributed by atoms with Gasteiger partial charge in [0.15, 0.2) is 11.6 Å². The molecule has 240 valence electrons. The van der Waals surface area contributed by atoms with Crippen molar-refractivity contribution in [3.05, 3.63) is 34.4 Å². The number of fused-ring (bicyclic) bond motifs is 2. The second-order valence-electron chi connectivity index (χ2n) is 13.0. The molecule has 14 heteroatoms. The predicted octanol–water partition coefficient (Wildman–Crippen LogP) is 5.96. The highest BCUT2D eigenvalue weighted by Gasteiger charge is 2.50. The van der Waals surface area contributed by atoms with Crippen LogP contribution in [0.5, 0.6) is 11.8 Å². The lowest BCUT2D eigenvalue weighted by Crippen LogP contribution is -2.53. The number of alkyl halides is 1. The second kappa shape index (κ2) is 10.5. The van der Waals surface area contributed by atoms with Crippen LogP contribution in [0, 0.1) is 23.0 Å². The van der Waals surface area contributed by atoms with Crippen LogP contribution in [-0.2, 0) is 0 Å². The number of aliphatic hydroxyl groups excluding tert-OH is 1. The fourth-order valence-electron chi connectivity index (χ4n) is 7.90. The number of nitrogens with zero attached hydrogens (tertiary/aromatic N) is 5. The van der Waals surface area contributed by atoms with E-state index in [2.05, 4.69) is 9.88 Å². The van der Waals surface area contributed by atoms with Crippen molar-refractivity contribution >= 4 is 54.7 Å². The number of ether oxygens (including phenoxy) is 2. The number of anilines is 2. The van der Waals surface area contributed by atoms with Gasteiger partial charge in [0.05, 0.1) is 32.3 Å². The van der Waals surface area contributed by atoms with E-state index >= 15 is 4.39 Å². The molecule has 0 radical (unpaired) electrons. The molecule has 4 aromatic rings. The molecule has 1 aliphatic carbocycles. The summed E-state index contributed by atoms with van der Waals surface area (Å²) in [6.07, 6.45) is 1.80. The number of rotatable bonds is 4. The number of aliphatic hydroxyl groups is 1. The van der Waals surface area contributed by atoms with Crippen LogP contribution in [0.25, 0.3) is 32.1 Å². The number of benzene rings is 2. The fourth-order valence-corrected chi connectivity index (χ4v) is 9.16. The summed E-state index contributed by atoms with van der Waals surface area (Å²) in [5, 5.41) is 20.6. The van der Waals surface area contributed by atoms with Crippen molar-refractivity contribution < 1.29 is 27.8 Å². The van der Waals surface area contributed by atoms with Crippen LogP contribution in [0.3, 0.4) is 0 Å². The minimum atomic E-state index is -0.947. The van der Waals surface area contributed by atoms with Crippen LogP contribution in [0.2, 0.25) is 5.02 Å². The molecule has 0 unspecified atom stereocenters. The van der Waals surface area contributed by atoms with Crippen LogP contribution < -0.4 is 20.1 Å². The van der Waals surface area contributed by atoms with E-state index in [-0.39, 0.29) is 66.1 Å². The Morgan fingerprint density at radius 1 is 1.22 bits per heavy atom. The highest BCUT2D eigenvalue weighted by molar-refractivity contribution is 7.23. The fraction of sp³-hybridized carbons (Fsp3) is 0.469. The molecule has 9 nitrogen and oxygen atoms in total. The Hall–Kier alpha value is -3.57.